The highest BCUT2D eigenvalue weighted by molar-refractivity contribution is 6.30. The molecule has 2 atom stereocenters. The number of carboxylic acid groups (broad SMARTS) is 1. The number of aromatic carboxylic acids is 1. The van der Waals surface area contributed by atoms with Gasteiger partial charge in [0, 0.05) is 29.0 Å². The van der Waals surface area contributed by atoms with Crippen LogP contribution in [0, 0.1) is 0 Å². The summed E-state index contributed by atoms with van der Waals surface area (Å²) in [6, 6.07) is 22.9. The third-order valence-electron chi connectivity index (χ3n) is 6.01. The molecule has 4 aromatic rings. The molecule has 3 aromatic carbocycles. The minimum Gasteiger partial charge on any atom is -0.478 e. The average molecular weight is 608 g/mol. The van der Waals surface area contributed by atoms with E-state index in [-0.39, 0.29) is 17.5 Å². The third kappa shape index (κ3) is 10.2. The number of nitrogens with zero attached hydrogens (tertiary/aromatic N) is 2. The fourth-order valence-corrected chi connectivity index (χ4v) is 4.59. The van der Waals surface area contributed by atoms with E-state index in [4.69, 9.17) is 33.9 Å². The van der Waals surface area contributed by atoms with Gasteiger partial charge in [-0.3, -0.25) is 0 Å². The number of allylic oxidation sites excluding steroid dienone is 3. The number of hydrogen-bond acceptors (Lipinski definition) is 5. The molecule has 9 heteroatoms. The van der Waals surface area contributed by atoms with Crippen LogP contribution in [0.15, 0.2) is 96.2 Å². The van der Waals surface area contributed by atoms with Gasteiger partial charge in [0.2, 0.25) is 0 Å². The second-order valence-corrected chi connectivity index (χ2v) is 10.9. The van der Waals surface area contributed by atoms with E-state index >= 15 is 0 Å². The molecule has 2 unspecified atom stereocenters. The van der Waals surface area contributed by atoms with Crippen LogP contribution in [0.3, 0.4) is 0 Å². The Bertz CT molecular complexity index is 1510. The lowest BCUT2D eigenvalue weighted by Gasteiger charge is -2.11. The Morgan fingerprint density at radius 2 is 1.79 bits per heavy atom. The van der Waals surface area contributed by atoms with E-state index in [1.165, 1.54) is 0 Å². The first-order valence-electron chi connectivity index (χ1n) is 13.4. The van der Waals surface area contributed by atoms with Gasteiger partial charge in [0.25, 0.3) is 0 Å². The van der Waals surface area contributed by atoms with Crippen LogP contribution in [0.4, 0.5) is 5.69 Å². The Balaban J connectivity index is 0.000000616. The summed E-state index contributed by atoms with van der Waals surface area (Å²) in [6.07, 6.45) is 7.44. The number of hydrogen-bond donors (Lipinski definition) is 4. The van der Waals surface area contributed by atoms with Crippen molar-refractivity contribution in [1.29, 1.82) is 0 Å². The summed E-state index contributed by atoms with van der Waals surface area (Å²) in [6.45, 7) is 5.91. The Labute approximate surface area is 256 Å². The molecule has 220 valence electrons. The van der Waals surface area contributed by atoms with Crippen molar-refractivity contribution in [2.45, 2.75) is 38.8 Å². The molecule has 0 aliphatic carbocycles. The zero-order valence-corrected chi connectivity index (χ0v) is 25.3. The van der Waals surface area contributed by atoms with Gasteiger partial charge in [-0.25, -0.2) is 9.78 Å². The number of rotatable bonds is 10. The third-order valence-corrected chi connectivity index (χ3v) is 6.27. The van der Waals surface area contributed by atoms with E-state index in [1.807, 2.05) is 86.8 Å². The summed E-state index contributed by atoms with van der Waals surface area (Å²) in [5.74, 6) is -0.0372. The minimum absolute atomic E-state index is 0.0532. The van der Waals surface area contributed by atoms with E-state index in [0.29, 0.717) is 6.42 Å². The molecule has 0 saturated heterocycles. The lowest BCUT2D eigenvalue weighted by atomic mass is 10.0. The minimum atomic E-state index is -0.937. The quantitative estimate of drug-likeness (QED) is 0.111. The van der Waals surface area contributed by atoms with Crippen LogP contribution in [0.1, 0.15) is 48.2 Å². The fourth-order valence-electron chi connectivity index (χ4n) is 4.15. The predicted molar refractivity (Wildman–Crippen MR) is 174 cm³/mol. The van der Waals surface area contributed by atoms with Crippen LogP contribution in [-0.2, 0) is 6.42 Å². The van der Waals surface area contributed by atoms with Gasteiger partial charge in [0.15, 0.2) is 0 Å². The molecule has 0 bridgehead atoms. The van der Waals surface area contributed by atoms with Crippen LogP contribution < -0.4 is 11.1 Å². The Hall–Kier alpha value is -3.88. The second-order valence-electron chi connectivity index (χ2n) is 9.64. The van der Waals surface area contributed by atoms with E-state index in [2.05, 4.69) is 9.88 Å². The van der Waals surface area contributed by atoms with E-state index in [9.17, 15) is 15.0 Å². The summed E-state index contributed by atoms with van der Waals surface area (Å²) in [5, 5.41) is 22.4. The Morgan fingerprint density at radius 1 is 1.10 bits per heavy atom. The summed E-state index contributed by atoms with van der Waals surface area (Å²) in [5.41, 5.74) is 11.3. The first-order chi connectivity index (χ1) is 20.0. The highest BCUT2D eigenvalue weighted by Gasteiger charge is 2.11. The number of aliphatic hydroxyl groups excluding tert-OH is 1. The molecule has 42 heavy (non-hydrogen) atoms. The number of nitrogens with one attached hydrogen (secondary N) is 1. The van der Waals surface area contributed by atoms with Gasteiger partial charge in [-0.2, -0.15) is 0 Å². The summed E-state index contributed by atoms with van der Waals surface area (Å²) >= 11 is 11.0. The molecule has 7 nitrogen and oxygen atoms in total. The standard InChI is InChI=1S/C28H28N4O3.C5H8Cl2/c1-2-4-24-18-32(25-13-11-23(12-14-25)30-17-26(29)33)27(31-24)15-19-7-9-20(10-8-19)21-5-3-6-22(16-21)28(34)35;1-4(6)3-5(2)7/h2-14,16,18,26,30,33H,15,17,29H2,1H3,(H,34,35);3-4H,1-2H3/b4-2+;5-3+. The molecule has 4 rings (SSSR count). The molecular weight excluding hydrogens is 571 g/mol. The zero-order valence-electron chi connectivity index (χ0n) is 23.8. The molecule has 0 fully saturated rings. The Morgan fingerprint density at radius 3 is 2.33 bits per heavy atom. The first-order valence-corrected chi connectivity index (χ1v) is 14.3. The largest absolute Gasteiger partial charge is 0.478 e. The van der Waals surface area contributed by atoms with Crippen molar-refractivity contribution >= 4 is 40.9 Å². The first kappa shape index (κ1) is 32.6. The maximum atomic E-state index is 11.3. The van der Waals surface area contributed by atoms with Gasteiger partial charge in [-0.15, -0.1) is 11.6 Å². The van der Waals surface area contributed by atoms with Crippen molar-refractivity contribution in [1.82, 2.24) is 9.55 Å². The van der Waals surface area contributed by atoms with Crippen LogP contribution >= 0.6 is 23.2 Å². The summed E-state index contributed by atoms with van der Waals surface area (Å²) < 4.78 is 2.07. The normalized spacial score (nSPS) is 12.9. The van der Waals surface area contributed by atoms with Crippen LogP contribution in [-0.4, -0.2) is 43.9 Å². The highest BCUT2D eigenvalue weighted by Crippen LogP contribution is 2.23. The molecule has 0 aliphatic heterocycles. The maximum Gasteiger partial charge on any atom is 0.335 e. The van der Waals surface area contributed by atoms with E-state index in [1.54, 1.807) is 31.2 Å². The van der Waals surface area contributed by atoms with Crippen molar-refractivity contribution in [3.05, 3.63) is 119 Å². The Kier molecular flexibility index (Phi) is 12.4. The number of benzene rings is 3. The van der Waals surface area contributed by atoms with Gasteiger partial charge < -0.3 is 25.8 Å². The average Bonchev–Trinajstić information content (AvgIpc) is 3.34. The lowest BCUT2D eigenvalue weighted by Crippen LogP contribution is -2.28. The molecular formula is C33H36Cl2N4O3. The van der Waals surface area contributed by atoms with Crippen molar-refractivity contribution < 1.29 is 15.0 Å². The zero-order chi connectivity index (χ0) is 30.6. The number of imidazole rings is 1. The number of aliphatic hydroxyl groups is 1. The van der Waals surface area contributed by atoms with Crippen molar-refractivity contribution in [3.8, 4) is 16.8 Å². The number of halogens is 2. The van der Waals surface area contributed by atoms with E-state index < -0.39 is 12.2 Å². The van der Waals surface area contributed by atoms with Crippen LogP contribution in [0.2, 0.25) is 0 Å². The highest BCUT2D eigenvalue weighted by atomic mass is 35.5. The molecule has 0 radical (unpaired) electrons. The van der Waals surface area contributed by atoms with Crippen molar-refractivity contribution in [3.63, 3.8) is 0 Å². The van der Waals surface area contributed by atoms with Crippen LogP contribution in [0.25, 0.3) is 22.9 Å². The number of carbonyl (C=O) groups is 1. The van der Waals surface area contributed by atoms with E-state index in [0.717, 1.165) is 44.6 Å². The van der Waals surface area contributed by atoms with Gasteiger partial charge in [0.1, 0.15) is 12.1 Å². The topological polar surface area (TPSA) is 113 Å². The lowest BCUT2D eigenvalue weighted by molar-refractivity contribution is 0.0697. The molecule has 0 aliphatic rings. The number of carboxylic acids is 1. The summed E-state index contributed by atoms with van der Waals surface area (Å²) in [7, 11) is 0. The molecule has 5 N–H and O–H groups in total. The van der Waals surface area contributed by atoms with Crippen molar-refractivity contribution in [2.75, 3.05) is 11.9 Å². The molecule has 0 saturated carbocycles. The number of nitrogens with two attached hydrogens (primary N) is 1. The smallest absolute Gasteiger partial charge is 0.335 e. The molecule has 1 aromatic heterocycles. The van der Waals surface area contributed by atoms with Gasteiger partial charge >= 0.3 is 5.97 Å². The molecule has 0 amide bonds. The SMILES string of the molecule is C/C(Cl)=C\C(C)Cl.C/C=C/c1cn(-c2ccc(NCC(N)O)cc2)c(Cc2ccc(-c3cccc(C(=O)O)c3)cc2)n1. The molecule has 1 heterocycles. The number of alkyl halides is 1. The van der Waals surface area contributed by atoms with Gasteiger partial charge in [-0.05, 0) is 79.9 Å². The predicted octanol–water partition coefficient (Wildman–Crippen LogP) is 7.31. The molecule has 0 spiro atoms. The summed E-state index contributed by atoms with van der Waals surface area (Å²) in [4.78, 5) is 16.1. The number of aromatic nitrogens is 2. The van der Waals surface area contributed by atoms with Gasteiger partial charge in [0.05, 0.1) is 23.2 Å². The second kappa shape index (κ2) is 15.9. The maximum absolute atomic E-state index is 11.3. The fraction of sp³-hybridized carbons (Fsp3) is 0.212. The van der Waals surface area contributed by atoms with Crippen LogP contribution in [0.5, 0.6) is 0 Å². The number of anilines is 1. The van der Waals surface area contributed by atoms with Gasteiger partial charge in [-0.1, -0.05) is 60.2 Å². The van der Waals surface area contributed by atoms with Crippen molar-refractivity contribution in [2.24, 2.45) is 5.73 Å². The monoisotopic (exact) mass is 606 g/mol.